The fraction of sp³-hybridized carbons (Fsp3) is 0.533. The summed E-state index contributed by atoms with van der Waals surface area (Å²) in [6.45, 7) is 3.53. The summed E-state index contributed by atoms with van der Waals surface area (Å²) in [7, 11) is -3.28. The molecule has 0 aromatic heterocycles. The molecule has 6 heteroatoms. The molecule has 1 aromatic rings. The average molecular weight is 308 g/mol. The molecule has 114 valence electrons. The Kier molecular flexibility index (Phi) is 3.43. The van der Waals surface area contributed by atoms with Gasteiger partial charge < -0.3 is 4.90 Å². The molecule has 0 aliphatic carbocycles. The van der Waals surface area contributed by atoms with Gasteiger partial charge >= 0.3 is 0 Å². The second kappa shape index (κ2) is 5.02. The molecule has 0 bridgehead atoms. The Balaban J connectivity index is 1.93. The summed E-state index contributed by atoms with van der Waals surface area (Å²) in [5, 5.41) is 0. The maximum atomic E-state index is 12.4. The number of carbonyl (C=O) groups is 1. The topological polar surface area (TPSA) is 57.7 Å². The van der Waals surface area contributed by atoms with E-state index in [1.165, 1.54) is 10.6 Å². The third-order valence-electron chi connectivity index (χ3n) is 4.23. The van der Waals surface area contributed by atoms with Gasteiger partial charge in [-0.15, -0.1) is 0 Å². The minimum absolute atomic E-state index is 0.0563. The van der Waals surface area contributed by atoms with Gasteiger partial charge in [0.2, 0.25) is 10.0 Å². The smallest absolute Gasteiger partial charge is 0.253 e. The molecule has 1 atom stereocenters. The lowest BCUT2D eigenvalue weighted by Crippen LogP contribution is -2.34. The molecule has 0 N–H and O–H groups in total. The number of hydrogen-bond acceptors (Lipinski definition) is 3. The zero-order valence-corrected chi connectivity index (χ0v) is 13.2. The molecular weight excluding hydrogens is 288 g/mol. The Morgan fingerprint density at radius 3 is 2.52 bits per heavy atom. The highest BCUT2D eigenvalue weighted by Crippen LogP contribution is 2.35. The molecule has 0 unspecified atom stereocenters. The zero-order chi connectivity index (χ0) is 15.2. The number of anilines is 1. The van der Waals surface area contributed by atoms with Crippen molar-refractivity contribution in [3.63, 3.8) is 0 Å². The average Bonchev–Trinajstić information content (AvgIpc) is 3.01. The lowest BCUT2D eigenvalue weighted by molar-refractivity contribution is 0.0792. The number of amides is 1. The fourth-order valence-electron chi connectivity index (χ4n) is 3.34. The fourth-order valence-corrected chi connectivity index (χ4v) is 4.61. The molecule has 3 rings (SSSR count). The van der Waals surface area contributed by atoms with Crippen LogP contribution >= 0.6 is 0 Å². The second-order valence-electron chi connectivity index (χ2n) is 5.95. The highest BCUT2D eigenvalue weighted by atomic mass is 32.2. The van der Waals surface area contributed by atoms with Crippen molar-refractivity contribution < 1.29 is 13.2 Å². The number of sulfonamides is 1. The molecule has 21 heavy (non-hydrogen) atoms. The van der Waals surface area contributed by atoms with Gasteiger partial charge in [-0.05, 0) is 49.9 Å². The van der Waals surface area contributed by atoms with Crippen LogP contribution < -0.4 is 4.31 Å². The minimum Gasteiger partial charge on any atom is -0.339 e. The highest BCUT2D eigenvalue weighted by molar-refractivity contribution is 7.92. The lowest BCUT2D eigenvalue weighted by Gasteiger charge is -2.22. The van der Waals surface area contributed by atoms with E-state index in [0.29, 0.717) is 17.7 Å². The molecule has 1 saturated heterocycles. The quantitative estimate of drug-likeness (QED) is 0.834. The molecule has 2 heterocycles. The molecule has 5 nitrogen and oxygen atoms in total. The Hall–Kier alpha value is -1.56. The third kappa shape index (κ3) is 2.52. The van der Waals surface area contributed by atoms with Gasteiger partial charge in [0, 0.05) is 24.7 Å². The van der Waals surface area contributed by atoms with Crippen molar-refractivity contribution in [1.29, 1.82) is 0 Å². The van der Waals surface area contributed by atoms with Gasteiger partial charge in [0.25, 0.3) is 5.91 Å². The van der Waals surface area contributed by atoms with Gasteiger partial charge in [-0.2, -0.15) is 0 Å². The molecule has 0 saturated carbocycles. The highest BCUT2D eigenvalue weighted by Gasteiger charge is 2.33. The lowest BCUT2D eigenvalue weighted by atomic mass is 10.1. The summed E-state index contributed by atoms with van der Waals surface area (Å²) in [6, 6.07) is 5.28. The number of rotatable bonds is 2. The van der Waals surface area contributed by atoms with E-state index in [4.69, 9.17) is 0 Å². The summed E-state index contributed by atoms with van der Waals surface area (Å²) < 4.78 is 25.2. The van der Waals surface area contributed by atoms with E-state index >= 15 is 0 Å². The number of benzene rings is 1. The van der Waals surface area contributed by atoms with Gasteiger partial charge in [0.05, 0.1) is 11.9 Å². The predicted molar refractivity (Wildman–Crippen MR) is 82.1 cm³/mol. The summed E-state index contributed by atoms with van der Waals surface area (Å²) in [4.78, 5) is 14.3. The van der Waals surface area contributed by atoms with Crippen molar-refractivity contribution in [3.8, 4) is 0 Å². The number of fused-ring (bicyclic) bond motifs is 1. The molecular formula is C15H20N2O3S. The van der Waals surface area contributed by atoms with E-state index in [0.717, 1.165) is 31.5 Å². The van der Waals surface area contributed by atoms with Gasteiger partial charge in [0.15, 0.2) is 0 Å². The van der Waals surface area contributed by atoms with Gasteiger partial charge in [-0.3, -0.25) is 9.10 Å². The Bertz CT molecular complexity index is 678. The van der Waals surface area contributed by atoms with Crippen LogP contribution in [0.5, 0.6) is 0 Å². The van der Waals surface area contributed by atoms with Crippen molar-refractivity contribution in [1.82, 2.24) is 4.90 Å². The summed E-state index contributed by atoms with van der Waals surface area (Å²) >= 11 is 0. The monoisotopic (exact) mass is 308 g/mol. The van der Waals surface area contributed by atoms with E-state index in [9.17, 15) is 13.2 Å². The van der Waals surface area contributed by atoms with Crippen LogP contribution in [0.25, 0.3) is 0 Å². The molecule has 1 fully saturated rings. The number of carbonyl (C=O) groups excluding carboxylic acids is 1. The Morgan fingerprint density at radius 1 is 1.24 bits per heavy atom. The maximum Gasteiger partial charge on any atom is 0.253 e. The van der Waals surface area contributed by atoms with E-state index in [1.54, 1.807) is 12.1 Å². The first-order valence-corrected chi connectivity index (χ1v) is 9.14. The van der Waals surface area contributed by atoms with Crippen LogP contribution in [0.3, 0.4) is 0 Å². The first kappa shape index (κ1) is 14.4. The summed E-state index contributed by atoms with van der Waals surface area (Å²) in [5.74, 6) is 0.0563. The van der Waals surface area contributed by atoms with Crippen LogP contribution in [0.1, 0.15) is 35.7 Å². The van der Waals surface area contributed by atoms with Crippen molar-refractivity contribution in [3.05, 3.63) is 29.3 Å². The van der Waals surface area contributed by atoms with Crippen LogP contribution in [0.15, 0.2) is 18.2 Å². The predicted octanol–water partition coefficient (Wildman–Crippen LogP) is 1.63. The van der Waals surface area contributed by atoms with Crippen LogP contribution in [-0.2, 0) is 16.4 Å². The minimum atomic E-state index is -3.28. The zero-order valence-electron chi connectivity index (χ0n) is 12.4. The van der Waals surface area contributed by atoms with E-state index < -0.39 is 10.0 Å². The van der Waals surface area contributed by atoms with Crippen LogP contribution in [0.4, 0.5) is 5.69 Å². The van der Waals surface area contributed by atoms with Crippen molar-refractivity contribution in [2.75, 3.05) is 23.7 Å². The first-order chi connectivity index (χ1) is 9.88. The van der Waals surface area contributed by atoms with E-state index in [-0.39, 0.29) is 11.9 Å². The van der Waals surface area contributed by atoms with E-state index in [2.05, 4.69) is 0 Å². The molecule has 1 aromatic carbocycles. The van der Waals surface area contributed by atoms with Gasteiger partial charge in [0.1, 0.15) is 0 Å². The second-order valence-corrected chi connectivity index (χ2v) is 7.81. The van der Waals surface area contributed by atoms with Crippen LogP contribution in [-0.4, -0.2) is 44.6 Å². The Labute approximate surface area is 125 Å². The molecule has 0 radical (unpaired) electrons. The Morgan fingerprint density at radius 2 is 1.90 bits per heavy atom. The van der Waals surface area contributed by atoms with Gasteiger partial charge in [-0.25, -0.2) is 8.42 Å². The van der Waals surface area contributed by atoms with Crippen LogP contribution in [0, 0.1) is 0 Å². The van der Waals surface area contributed by atoms with E-state index in [1.807, 2.05) is 17.9 Å². The summed E-state index contributed by atoms with van der Waals surface area (Å²) in [6.07, 6.45) is 4.01. The number of nitrogens with zero attached hydrogens (tertiary/aromatic N) is 2. The normalized spacial score (nSPS) is 21.7. The SMILES string of the molecule is C[C@H]1Cc2cc(C(=O)N3CCCC3)ccc2N1S(C)(=O)=O. The van der Waals surface area contributed by atoms with Gasteiger partial charge in [-0.1, -0.05) is 0 Å². The molecule has 0 spiro atoms. The molecule has 2 aliphatic heterocycles. The van der Waals surface area contributed by atoms with Crippen molar-refractivity contribution in [2.24, 2.45) is 0 Å². The summed E-state index contributed by atoms with van der Waals surface area (Å²) in [5.41, 5.74) is 2.32. The van der Waals surface area contributed by atoms with Crippen LogP contribution in [0.2, 0.25) is 0 Å². The molecule has 2 aliphatic rings. The standard InChI is InChI=1S/C15H20N2O3S/c1-11-9-13-10-12(15(18)16-7-3-4-8-16)5-6-14(13)17(11)21(2,19)20/h5-6,10-11H,3-4,7-9H2,1-2H3/t11-/m0/s1. The third-order valence-corrected chi connectivity index (χ3v) is 5.50. The van der Waals surface area contributed by atoms with Crippen molar-refractivity contribution in [2.45, 2.75) is 32.2 Å². The molecule has 1 amide bonds. The van der Waals surface area contributed by atoms with Crippen molar-refractivity contribution >= 4 is 21.6 Å². The number of hydrogen-bond donors (Lipinski definition) is 0. The number of likely N-dealkylation sites (tertiary alicyclic amines) is 1. The largest absolute Gasteiger partial charge is 0.339 e. The maximum absolute atomic E-state index is 12.4. The first-order valence-electron chi connectivity index (χ1n) is 7.29.